The number of aromatic nitrogens is 2. The molecular formula is C14H14Cl2N2O3. The van der Waals surface area contributed by atoms with Crippen molar-refractivity contribution in [2.75, 3.05) is 6.61 Å². The quantitative estimate of drug-likeness (QED) is 0.480. The lowest BCUT2D eigenvalue weighted by Crippen LogP contribution is -2.25. The molecule has 0 radical (unpaired) electrons. The fourth-order valence-corrected chi connectivity index (χ4v) is 2.13. The highest BCUT2D eigenvalue weighted by Gasteiger charge is 2.13. The standard InChI is InChI=1S/C14H14Cl2N2O3/c1-9-17-11-6-3-2-5-10(11)13(19)18(9)7-4-8-21-14(20)12(15)16/h2-3,5-6,12H,4,7-8H2,1H3. The van der Waals surface area contributed by atoms with Crippen LogP contribution in [-0.4, -0.2) is 27.0 Å². The van der Waals surface area contributed by atoms with E-state index in [-0.39, 0.29) is 12.2 Å². The smallest absolute Gasteiger partial charge is 0.339 e. The van der Waals surface area contributed by atoms with Crippen molar-refractivity contribution in [3.05, 3.63) is 40.4 Å². The van der Waals surface area contributed by atoms with Gasteiger partial charge in [-0.05, 0) is 25.5 Å². The number of carbonyl (C=O) groups is 1. The summed E-state index contributed by atoms with van der Waals surface area (Å²) >= 11 is 10.7. The molecule has 0 amide bonds. The molecule has 21 heavy (non-hydrogen) atoms. The Balaban J connectivity index is 2.09. The first kappa shape index (κ1) is 15.8. The summed E-state index contributed by atoms with van der Waals surface area (Å²) in [5, 5.41) is 0.571. The first-order valence-corrected chi connectivity index (χ1v) is 7.29. The largest absolute Gasteiger partial charge is 0.464 e. The molecule has 5 nitrogen and oxygen atoms in total. The van der Waals surface area contributed by atoms with E-state index in [0.717, 1.165) is 0 Å². The third-order valence-electron chi connectivity index (χ3n) is 3.00. The molecule has 0 saturated carbocycles. The second-order valence-electron chi connectivity index (χ2n) is 4.45. The first-order valence-electron chi connectivity index (χ1n) is 6.41. The Bertz CT molecular complexity index is 713. The zero-order chi connectivity index (χ0) is 15.4. The van der Waals surface area contributed by atoms with Crippen LogP contribution in [0.5, 0.6) is 0 Å². The van der Waals surface area contributed by atoms with Crippen LogP contribution in [0, 0.1) is 6.92 Å². The van der Waals surface area contributed by atoms with Crippen molar-refractivity contribution in [2.45, 2.75) is 24.7 Å². The van der Waals surface area contributed by atoms with Crippen molar-refractivity contribution < 1.29 is 9.53 Å². The van der Waals surface area contributed by atoms with Gasteiger partial charge in [0.05, 0.1) is 17.5 Å². The molecule has 112 valence electrons. The van der Waals surface area contributed by atoms with Crippen molar-refractivity contribution in [3.8, 4) is 0 Å². The van der Waals surface area contributed by atoms with E-state index in [4.69, 9.17) is 27.9 Å². The van der Waals surface area contributed by atoms with E-state index < -0.39 is 10.8 Å². The summed E-state index contributed by atoms with van der Waals surface area (Å²) in [4.78, 5) is 26.7. The number of hydrogen-bond donors (Lipinski definition) is 0. The molecule has 1 aromatic carbocycles. The average molecular weight is 329 g/mol. The number of rotatable bonds is 5. The van der Waals surface area contributed by atoms with Crippen LogP contribution in [-0.2, 0) is 16.1 Å². The predicted molar refractivity (Wildman–Crippen MR) is 81.8 cm³/mol. The molecule has 0 spiro atoms. The molecule has 0 bridgehead atoms. The second-order valence-corrected chi connectivity index (χ2v) is 5.55. The molecule has 1 aromatic heterocycles. The molecular weight excluding hydrogens is 315 g/mol. The minimum absolute atomic E-state index is 0.100. The van der Waals surface area contributed by atoms with Gasteiger partial charge in [-0.2, -0.15) is 0 Å². The summed E-state index contributed by atoms with van der Waals surface area (Å²) < 4.78 is 6.42. The van der Waals surface area contributed by atoms with Gasteiger partial charge in [-0.15, -0.1) is 0 Å². The van der Waals surface area contributed by atoms with Crippen molar-refractivity contribution in [3.63, 3.8) is 0 Å². The molecule has 0 atom stereocenters. The highest BCUT2D eigenvalue weighted by Crippen LogP contribution is 2.08. The first-order chi connectivity index (χ1) is 10.0. The van der Waals surface area contributed by atoms with Gasteiger partial charge in [0.1, 0.15) is 5.82 Å². The number of carbonyl (C=O) groups excluding carboxylic acids is 1. The summed E-state index contributed by atoms with van der Waals surface area (Å²) in [6.45, 7) is 2.33. The van der Waals surface area contributed by atoms with Crippen LogP contribution in [0.15, 0.2) is 29.1 Å². The van der Waals surface area contributed by atoms with E-state index in [2.05, 4.69) is 4.98 Å². The van der Waals surface area contributed by atoms with Crippen molar-refractivity contribution in [1.82, 2.24) is 9.55 Å². The van der Waals surface area contributed by atoms with Gasteiger partial charge in [0.25, 0.3) is 5.56 Å². The Morgan fingerprint density at radius 1 is 1.38 bits per heavy atom. The number of benzene rings is 1. The second kappa shape index (κ2) is 6.91. The van der Waals surface area contributed by atoms with Crippen LogP contribution in [0.2, 0.25) is 0 Å². The summed E-state index contributed by atoms with van der Waals surface area (Å²) in [5.41, 5.74) is 0.576. The number of fused-ring (bicyclic) bond motifs is 1. The summed E-state index contributed by atoms with van der Waals surface area (Å²) in [6.07, 6.45) is 0.479. The Kier molecular flexibility index (Phi) is 5.20. The normalized spacial score (nSPS) is 11.0. The number of ether oxygens (including phenoxy) is 1. The number of halogens is 2. The van der Waals surface area contributed by atoms with E-state index in [1.54, 1.807) is 29.7 Å². The van der Waals surface area contributed by atoms with Gasteiger partial charge in [0.2, 0.25) is 4.84 Å². The SMILES string of the molecule is Cc1nc2ccccc2c(=O)n1CCCOC(=O)C(Cl)Cl. The fraction of sp³-hybridized carbons (Fsp3) is 0.357. The third-order valence-corrected chi connectivity index (χ3v) is 3.36. The van der Waals surface area contributed by atoms with Crippen molar-refractivity contribution in [2.24, 2.45) is 0 Å². The highest BCUT2D eigenvalue weighted by atomic mass is 35.5. The van der Waals surface area contributed by atoms with Gasteiger partial charge in [-0.25, -0.2) is 9.78 Å². The zero-order valence-corrected chi connectivity index (χ0v) is 12.9. The Labute approximate surface area is 131 Å². The lowest BCUT2D eigenvalue weighted by Gasteiger charge is -2.11. The van der Waals surface area contributed by atoms with Gasteiger partial charge < -0.3 is 4.74 Å². The van der Waals surface area contributed by atoms with Gasteiger partial charge in [-0.3, -0.25) is 9.36 Å². The average Bonchev–Trinajstić information content (AvgIpc) is 2.45. The minimum atomic E-state index is -1.18. The summed E-state index contributed by atoms with van der Waals surface area (Å²) in [7, 11) is 0. The number of alkyl halides is 2. The van der Waals surface area contributed by atoms with E-state index in [9.17, 15) is 9.59 Å². The maximum atomic E-state index is 12.4. The maximum Gasteiger partial charge on any atom is 0.339 e. The fourth-order valence-electron chi connectivity index (χ4n) is 2.00. The summed E-state index contributed by atoms with van der Waals surface area (Å²) in [6, 6.07) is 7.18. The maximum absolute atomic E-state index is 12.4. The molecule has 0 aliphatic carbocycles. The lowest BCUT2D eigenvalue weighted by atomic mass is 10.2. The molecule has 2 rings (SSSR count). The van der Waals surface area contributed by atoms with Gasteiger partial charge >= 0.3 is 5.97 Å². The molecule has 0 aliphatic rings. The molecule has 7 heteroatoms. The van der Waals surface area contributed by atoms with Crippen molar-refractivity contribution >= 4 is 40.1 Å². The summed E-state index contributed by atoms with van der Waals surface area (Å²) in [5.74, 6) is -0.0587. The predicted octanol–water partition coefficient (Wildman–Crippen LogP) is 2.44. The number of aryl methyl sites for hydroxylation is 1. The van der Waals surface area contributed by atoms with Gasteiger partial charge in [0.15, 0.2) is 0 Å². The van der Waals surface area contributed by atoms with Crippen LogP contribution in [0.4, 0.5) is 0 Å². The number of para-hydroxylation sites is 1. The van der Waals surface area contributed by atoms with Gasteiger partial charge in [-0.1, -0.05) is 35.3 Å². The molecule has 0 unspecified atom stereocenters. The number of hydrogen-bond acceptors (Lipinski definition) is 4. The van der Waals surface area contributed by atoms with Crippen molar-refractivity contribution in [1.29, 1.82) is 0 Å². The molecule has 0 fully saturated rings. The van der Waals surface area contributed by atoms with Crippen LogP contribution in [0.3, 0.4) is 0 Å². The molecule has 2 aromatic rings. The molecule has 1 heterocycles. The van der Waals surface area contributed by atoms with E-state index in [1.807, 2.05) is 6.07 Å². The Morgan fingerprint density at radius 3 is 2.81 bits per heavy atom. The van der Waals surface area contributed by atoms with Crippen LogP contribution in [0.1, 0.15) is 12.2 Å². The number of esters is 1. The third kappa shape index (κ3) is 3.74. The Hall–Kier alpha value is -1.59. The lowest BCUT2D eigenvalue weighted by molar-refractivity contribution is -0.141. The molecule has 0 saturated heterocycles. The molecule has 0 N–H and O–H groups in total. The van der Waals surface area contributed by atoms with E-state index in [1.165, 1.54) is 0 Å². The Morgan fingerprint density at radius 2 is 2.10 bits per heavy atom. The molecule has 0 aliphatic heterocycles. The topological polar surface area (TPSA) is 61.2 Å². The highest BCUT2D eigenvalue weighted by molar-refractivity contribution is 6.52. The van der Waals surface area contributed by atoms with E-state index in [0.29, 0.717) is 29.7 Å². The van der Waals surface area contributed by atoms with Crippen LogP contribution >= 0.6 is 23.2 Å². The van der Waals surface area contributed by atoms with Crippen LogP contribution in [0.25, 0.3) is 10.9 Å². The van der Waals surface area contributed by atoms with Gasteiger partial charge in [0, 0.05) is 6.54 Å². The minimum Gasteiger partial charge on any atom is -0.464 e. The number of nitrogens with zero attached hydrogens (tertiary/aromatic N) is 2. The van der Waals surface area contributed by atoms with Crippen LogP contribution < -0.4 is 5.56 Å². The zero-order valence-electron chi connectivity index (χ0n) is 11.4. The monoisotopic (exact) mass is 328 g/mol. The van der Waals surface area contributed by atoms with E-state index >= 15 is 0 Å².